The third-order valence-corrected chi connectivity index (χ3v) is 15.3. The van der Waals surface area contributed by atoms with Crippen LogP contribution >= 0.6 is 11.3 Å². The fraction of sp³-hybridized carbons (Fsp3) is 0.375. The van der Waals surface area contributed by atoms with Crippen LogP contribution in [0.15, 0.2) is 84.8 Å². The van der Waals surface area contributed by atoms with Crippen LogP contribution in [-0.4, -0.2) is 23.9 Å². The van der Waals surface area contributed by atoms with Crippen LogP contribution in [0.25, 0.3) is 53.3 Å². The zero-order valence-electron chi connectivity index (χ0n) is 34.4. The number of benzene rings is 4. The summed E-state index contributed by atoms with van der Waals surface area (Å²) in [6.07, 6.45) is 6.72. The Bertz CT molecular complexity index is 2320. The number of aryl methyl sites for hydroxylation is 3. The molecule has 6 rings (SSSR count). The molecule has 6 aromatic rings. The molecule has 0 saturated heterocycles. The second-order valence-electron chi connectivity index (χ2n) is 16.4. The van der Waals surface area contributed by atoms with Crippen molar-refractivity contribution in [2.75, 3.05) is 0 Å². The average molecular weight is 933 g/mol. The van der Waals surface area contributed by atoms with Crippen LogP contribution in [0.4, 0.5) is 0 Å². The average Bonchev–Trinajstić information content (AvgIpc) is 3.54. The van der Waals surface area contributed by atoms with Gasteiger partial charge in [-0.25, -0.2) is 0 Å². The molecule has 54 heavy (non-hydrogen) atoms. The van der Waals surface area contributed by atoms with Gasteiger partial charge in [-0.1, -0.05) is 126 Å². The zero-order valence-corrected chi connectivity index (χ0v) is 38.6. The Balaban J connectivity index is 0.000000309. The standard InChI is InChI=1S/C33H30NSSi.C15H28O2.Ir/c1-20-11-12-25(21(2)17-20)26-13-14-28-29-15-16-34-31(33(29)35-32(28)22(26)3)24-18-23-9-7-8-10-27(23)30(19-24)36(4,5)6;1-7-14(5,8-2)12(16)11-13(17)15(6,9-3)10-4;/h7-17,19H,1-6H3;11,16H,7-10H2,1-6H3;/q-1;;/b;12-11-;. The van der Waals surface area contributed by atoms with Crippen LogP contribution in [-0.2, 0) is 24.9 Å². The zero-order chi connectivity index (χ0) is 38.9. The van der Waals surface area contributed by atoms with E-state index in [1.807, 2.05) is 59.1 Å². The Labute approximate surface area is 342 Å². The number of ketones is 1. The molecule has 0 bridgehead atoms. The molecule has 4 aromatic carbocycles. The van der Waals surface area contributed by atoms with Gasteiger partial charge in [0.15, 0.2) is 5.78 Å². The topological polar surface area (TPSA) is 50.2 Å². The van der Waals surface area contributed by atoms with Crippen molar-refractivity contribution in [3.05, 3.63) is 108 Å². The van der Waals surface area contributed by atoms with Crippen molar-refractivity contribution in [1.82, 2.24) is 4.98 Å². The van der Waals surface area contributed by atoms with Crippen LogP contribution in [0, 0.1) is 37.7 Å². The first-order valence-corrected chi connectivity index (χ1v) is 23.6. The predicted molar refractivity (Wildman–Crippen MR) is 235 cm³/mol. The maximum Gasteiger partial charge on any atom is 0.164 e. The number of aliphatic hydroxyl groups excluding tert-OH is 1. The summed E-state index contributed by atoms with van der Waals surface area (Å²) >= 11 is 1.88. The van der Waals surface area contributed by atoms with E-state index in [4.69, 9.17) is 4.98 Å². The first-order chi connectivity index (χ1) is 25.0. The van der Waals surface area contributed by atoms with E-state index < -0.39 is 8.07 Å². The number of hydrogen-bond acceptors (Lipinski definition) is 4. The van der Waals surface area contributed by atoms with Crippen molar-refractivity contribution < 1.29 is 30.0 Å². The number of carbonyl (C=O) groups is 1. The van der Waals surface area contributed by atoms with Gasteiger partial charge >= 0.3 is 0 Å². The van der Waals surface area contributed by atoms with Crippen molar-refractivity contribution in [2.45, 2.75) is 108 Å². The predicted octanol–water partition coefficient (Wildman–Crippen LogP) is 13.9. The number of thiophene rings is 1. The molecular formula is C48H58IrNO2SSi-. The number of rotatable bonds is 10. The Morgan fingerprint density at radius 3 is 2.02 bits per heavy atom. The first kappa shape index (κ1) is 43.3. The van der Waals surface area contributed by atoms with Crippen LogP contribution in [0.2, 0.25) is 19.6 Å². The van der Waals surface area contributed by atoms with E-state index in [1.165, 1.54) is 70.0 Å². The van der Waals surface area contributed by atoms with Crippen LogP contribution in [0.1, 0.15) is 83.9 Å². The number of aromatic nitrogens is 1. The van der Waals surface area contributed by atoms with Gasteiger partial charge in [0, 0.05) is 63.7 Å². The summed E-state index contributed by atoms with van der Waals surface area (Å²) in [7, 11) is -1.57. The first-order valence-electron chi connectivity index (χ1n) is 19.3. The number of allylic oxidation sites excluding steroid dienone is 2. The van der Waals surface area contributed by atoms with E-state index >= 15 is 0 Å². The molecule has 0 spiro atoms. The van der Waals surface area contributed by atoms with Gasteiger partial charge < -0.3 is 5.11 Å². The Morgan fingerprint density at radius 2 is 1.41 bits per heavy atom. The molecular weight excluding hydrogens is 875 g/mol. The van der Waals surface area contributed by atoms with E-state index in [0.29, 0.717) is 0 Å². The minimum absolute atomic E-state index is 0. The Hall–Kier alpha value is -3.41. The summed E-state index contributed by atoms with van der Waals surface area (Å²) in [5.41, 5.74) is 8.16. The fourth-order valence-electron chi connectivity index (χ4n) is 7.16. The smallest absolute Gasteiger partial charge is 0.164 e. The minimum atomic E-state index is -1.57. The van der Waals surface area contributed by atoms with Crippen LogP contribution < -0.4 is 5.19 Å². The van der Waals surface area contributed by atoms with Gasteiger partial charge in [0.05, 0.1) is 8.07 Å². The summed E-state index contributed by atoms with van der Waals surface area (Å²) < 4.78 is 2.60. The molecule has 0 atom stereocenters. The number of fused-ring (bicyclic) bond motifs is 4. The van der Waals surface area contributed by atoms with Crippen molar-refractivity contribution >= 4 is 61.3 Å². The summed E-state index contributed by atoms with van der Waals surface area (Å²) in [6, 6.07) is 28.3. The summed E-state index contributed by atoms with van der Waals surface area (Å²) in [4.78, 5) is 17.1. The molecule has 2 aromatic heterocycles. The van der Waals surface area contributed by atoms with E-state index in [0.717, 1.165) is 36.9 Å². The maximum atomic E-state index is 12.2. The van der Waals surface area contributed by atoms with Gasteiger partial charge in [0.25, 0.3) is 0 Å². The molecule has 0 fully saturated rings. The van der Waals surface area contributed by atoms with E-state index in [2.05, 4.69) is 113 Å². The van der Waals surface area contributed by atoms with Gasteiger partial charge in [-0.3, -0.25) is 9.78 Å². The molecule has 0 aliphatic heterocycles. The normalized spacial score (nSPS) is 12.5. The molecule has 3 nitrogen and oxygen atoms in total. The number of carbonyl (C=O) groups excluding carboxylic acids is 1. The number of pyridine rings is 1. The number of aliphatic hydroxyl groups is 1. The third kappa shape index (κ3) is 8.53. The van der Waals surface area contributed by atoms with E-state index in [-0.39, 0.29) is 42.5 Å². The molecule has 0 saturated carbocycles. The molecule has 0 aliphatic rings. The van der Waals surface area contributed by atoms with E-state index in [9.17, 15) is 9.90 Å². The molecule has 1 radical (unpaired) electrons. The Morgan fingerprint density at radius 1 is 0.796 bits per heavy atom. The van der Waals surface area contributed by atoms with Gasteiger partial charge in [-0.05, 0) is 80.2 Å². The summed E-state index contributed by atoms with van der Waals surface area (Å²) in [6.45, 7) is 26.0. The van der Waals surface area contributed by atoms with Crippen molar-refractivity contribution in [3.63, 3.8) is 0 Å². The second kappa shape index (κ2) is 17.2. The van der Waals surface area contributed by atoms with Crippen molar-refractivity contribution in [1.29, 1.82) is 0 Å². The van der Waals surface area contributed by atoms with Gasteiger partial charge in [0.2, 0.25) is 0 Å². The van der Waals surface area contributed by atoms with Gasteiger partial charge in [-0.15, -0.1) is 40.1 Å². The molecule has 6 heteroatoms. The van der Waals surface area contributed by atoms with Gasteiger partial charge in [0.1, 0.15) is 5.76 Å². The maximum absolute atomic E-state index is 12.2. The van der Waals surface area contributed by atoms with E-state index in [1.54, 1.807) is 0 Å². The van der Waals surface area contributed by atoms with Crippen LogP contribution in [0.5, 0.6) is 0 Å². The molecule has 1 N–H and O–H groups in total. The Kier molecular flexibility index (Phi) is 13.8. The molecule has 0 aliphatic carbocycles. The quantitative estimate of drug-likeness (QED) is 0.0644. The largest absolute Gasteiger partial charge is 0.512 e. The monoisotopic (exact) mass is 933 g/mol. The minimum Gasteiger partial charge on any atom is -0.512 e. The molecule has 2 heterocycles. The number of hydrogen-bond donors (Lipinski definition) is 1. The van der Waals surface area contributed by atoms with Crippen molar-refractivity contribution in [3.8, 4) is 22.4 Å². The third-order valence-electron chi connectivity index (χ3n) is 11.9. The SMILES string of the molecule is CCC(C)(CC)C(=O)/C=C(\O)C(C)(CC)CC.Cc1ccc(-c2ccc3c(sc4c(-c5[c-]c6ccccc6c([Si](C)(C)C)c5)nccc43)c2C)c(C)c1.[Ir]. The van der Waals surface area contributed by atoms with Gasteiger partial charge in [-0.2, -0.15) is 0 Å². The second-order valence-corrected chi connectivity index (χ2v) is 22.5. The molecule has 0 amide bonds. The van der Waals surface area contributed by atoms with Crippen LogP contribution in [0.3, 0.4) is 0 Å². The number of nitrogens with zero attached hydrogens (tertiary/aromatic N) is 1. The fourth-order valence-corrected chi connectivity index (χ4v) is 10.1. The van der Waals surface area contributed by atoms with Crippen molar-refractivity contribution in [2.24, 2.45) is 10.8 Å². The summed E-state index contributed by atoms with van der Waals surface area (Å²) in [5.74, 6) is 0.286. The summed E-state index contributed by atoms with van der Waals surface area (Å²) in [5, 5.41) is 16.7. The molecule has 287 valence electrons. The molecule has 0 unspecified atom stereocenters.